The fourth-order valence-corrected chi connectivity index (χ4v) is 17.0. The van der Waals surface area contributed by atoms with E-state index in [0.717, 1.165) is 25.7 Å². The average molecular weight is 1160 g/mol. The summed E-state index contributed by atoms with van der Waals surface area (Å²) in [5.74, 6) is -3.78. The van der Waals surface area contributed by atoms with Crippen LogP contribution in [0.3, 0.4) is 0 Å². The number of aliphatic hydroxyl groups excluding tert-OH is 1. The molecule has 460 valence electrons. The summed E-state index contributed by atoms with van der Waals surface area (Å²) in [5, 5.41) is 43.2. The van der Waals surface area contributed by atoms with Crippen LogP contribution < -0.4 is 15.9 Å². The van der Waals surface area contributed by atoms with E-state index in [-0.39, 0.29) is 37.3 Å². The van der Waals surface area contributed by atoms with Crippen molar-refractivity contribution in [2.45, 2.75) is 237 Å². The molecule has 3 heterocycles. The van der Waals surface area contributed by atoms with Gasteiger partial charge in [-0.3, -0.25) is 14.5 Å². The minimum Gasteiger partial charge on any atom is -0.459 e. The number of ether oxygens (including phenoxy) is 7. The van der Waals surface area contributed by atoms with Crippen molar-refractivity contribution >= 4 is 35.9 Å². The highest BCUT2D eigenvalue weighted by molar-refractivity contribution is 7.88. The number of methoxy groups -OCH3 is 1. The van der Waals surface area contributed by atoms with E-state index in [1.54, 1.807) is 27.7 Å². The predicted octanol–water partition coefficient (Wildman–Crippen LogP) is 8.90. The molecule has 0 aromatic heterocycles. The number of rotatable bonds is 21. The van der Waals surface area contributed by atoms with Gasteiger partial charge in [-0.25, -0.2) is 4.79 Å². The molecule has 0 bridgehead atoms. The third-order valence-electron chi connectivity index (χ3n) is 18.5. The first-order chi connectivity index (χ1) is 38.1. The largest absolute Gasteiger partial charge is 0.459 e. The second kappa shape index (κ2) is 30.7. The van der Waals surface area contributed by atoms with Crippen molar-refractivity contribution in [3.05, 3.63) is 60.7 Å². The lowest BCUT2D eigenvalue weighted by Gasteiger charge is -2.51. The number of carbonyl (C=O) groups is 3. The number of amides is 1. The molecule has 1 unspecified atom stereocenters. The van der Waals surface area contributed by atoms with Crippen LogP contribution in [-0.4, -0.2) is 181 Å². The zero-order valence-electron chi connectivity index (χ0n) is 52.3. The molecule has 81 heavy (non-hydrogen) atoms. The summed E-state index contributed by atoms with van der Waals surface area (Å²) in [5.41, 5.74) is -4.57. The van der Waals surface area contributed by atoms with Crippen molar-refractivity contribution in [2.75, 3.05) is 54.2 Å². The monoisotopic (exact) mass is 1160 g/mol. The van der Waals surface area contributed by atoms with Gasteiger partial charge >= 0.3 is 18.0 Å². The molecule has 0 saturated carbocycles. The van der Waals surface area contributed by atoms with Gasteiger partial charge in [0.25, 0.3) is 0 Å². The minimum atomic E-state index is -1.88. The Labute approximate surface area is 487 Å². The van der Waals surface area contributed by atoms with Crippen LogP contribution in [0.5, 0.6) is 0 Å². The fraction of sp³-hybridized carbons (Fsp3) is 0.766. The molecule has 1 amide bonds. The van der Waals surface area contributed by atoms with Gasteiger partial charge in [0.05, 0.1) is 78.3 Å². The second-order valence-electron chi connectivity index (χ2n) is 25.6. The van der Waals surface area contributed by atoms with Crippen molar-refractivity contribution < 1.29 is 62.9 Å². The minimum absolute atomic E-state index is 0.178. The zero-order valence-corrected chi connectivity index (χ0v) is 53.2. The first-order valence-corrected chi connectivity index (χ1v) is 32.8. The van der Waals surface area contributed by atoms with Crippen molar-refractivity contribution in [1.82, 2.24) is 15.1 Å². The maximum Gasteiger partial charge on any atom is 0.407 e. The standard InChI is InChI=1S/C64H106N3O13P/c1-17-53-64(11,73)58(80-61(71)65-36-30-22-20-18-19-21-23-31-37-81(16,49-32-26-24-27-33-49)50-34-28-25-29-35-50)46(6)67(14)41-42(2)39-62(9,72)57(79-60-55(77-48(8)68)51(66(12)13)38-43(3)75-60)44(4)54(45(5)59(70)78-53)52-40-63(10,74-15)56(69)47(7)76-52/h24-29,32-35,42-47,51-58,60,69,72-73H,17-23,30-31,36-41H2,1-16H3/p+1/t42-,43-,44+,45-,46-,47+,51+,52?,53-,54+,55-,56+,57-,58-,60+,62-,63-,64-/m1/s1. The smallest absolute Gasteiger partial charge is 0.407 e. The molecule has 18 atom stereocenters. The number of nitrogens with zero attached hydrogens (tertiary/aromatic N) is 2. The lowest BCUT2D eigenvalue weighted by Crippen LogP contribution is -2.62. The van der Waals surface area contributed by atoms with Crippen LogP contribution in [0, 0.1) is 23.7 Å². The van der Waals surface area contributed by atoms with E-state index < -0.39 is 115 Å². The molecule has 0 spiro atoms. The Hall–Kier alpha value is -3.28. The van der Waals surface area contributed by atoms with E-state index in [4.69, 9.17) is 33.2 Å². The number of alkyl carbamates (subject to hydrolysis) is 1. The highest BCUT2D eigenvalue weighted by atomic mass is 31.2. The topological polar surface area (TPSA) is 195 Å². The van der Waals surface area contributed by atoms with Crippen molar-refractivity contribution in [3.63, 3.8) is 0 Å². The summed E-state index contributed by atoms with van der Waals surface area (Å²) >= 11 is 0. The van der Waals surface area contributed by atoms with Crippen LogP contribution in [0.15, 0.2) is 60.7 Å². The Bertz CT molecular complexity index is 2190. The highest BCUT2D eigenvalue weighted by Crippen LogP contribution is 2.53. The van der Waals surface area contributed by atoms with E-state index in [1.165, 1.54) is 56.5 Å². The number of benzene rings is 2. The SMILES string of the molecule is CC[C@H]1OC(=O)[C@H](C)[C@@H](C2C[C@@](C)(OC)[C@@H](O)[C@H](C)O2)[C@H](C)[C@@H](O[C@@H]2O[C@H](C)C[C@H](N(C)C)[C@H]2OC(C)=O)[C@](C)(O)C[C@@H](C)CN(C)[C@H](C)[C@@H](OC(=O)NCCCCCCCCCC[P+](C)(c2ccccc2)c2ccccc2)[C@]1(C)O. The second-order valence-corrected chi connectivity index (χ2v) is 29.4. The Morgan fingerprint density at radius 2 is 1.40 bits per heavy atom. The van der Waals surface area contributed by atoms with Gasteiger partial charge in [-0.15, -0.1) is 0 Å². The Morgan fingerprint density at radius 3 is 1.94 bits per heavy atom. The average Bonchev–Trinajstić information content (AvgIpc) is 3.57. The van der Waals surface area contributed by atoms with E-state index in [2.05, 4.69) is 72.6 Å². The lowest BCUT2D eigenvalue weighted by atomic mass is 9.68. The van der Waals surface area contributed by atoms with Crippen LogP contribution in [0.1, 0.15) is 153 Å². The summed E-state index contributed by atoms with van der Waals surface area (Å²) < 4.78 is 45.0. The molecule has 2 aromatic rings. The van der Waals surface area contributed by atoms with Gasteiger partial charge in [-0.1, -0.05) is 96.2 Å². The van der Waals surface area contributed by atoms with Gasteiger partial charge in [-0.05, 0) is 137 Å². The van der Waals surface area contributed by atoms with Gasteiger partial charge in [-0.2, -0.15) is 0 Å². The number of hydrogen-bond acceptors (Lipinski definition) is 15. The van der Waals surface area contributed by atoms with E-state index in [0.29, 0.717) is 19.5 Å². The van der Waals surface area contributed by atoms with E-state index >= 15 is 4.79 Å². The Kier molecular flexibility index (Phi) is 26.0. The number of likely N-dealkylation sites (N-methyl/N-ethyl adjacent to an activating group) is 2. The maximum absolute atomic E-state index is 15.1. The maximum atomic E-state index is 15.1. The first kappa shape index (κ1) is 68.5. The number of nitrogens with one attached hydrogen (secondary N) is 1. The fourth-order valence-electron chi connectivity index (χ4n) is 13.7. The van der Waals surface area contributed by atoms with Crippen LogP contribution in [0.2, 0.25) is 0 Å². The first-order valence-electron chi connectivity index (χ1n) is 30.4. The van der Waals surface area contributed by atoms with Gasteiger partial charge in [0, 0.05) is 45.5 Å². The molecule has 16 nitrogen and oxygen atoms in total. The molecule has 0 aliphatic carbocycles. The summed E-state index contributed by atoms with van der Waals surface area (Å²) in [6.07, 6.45) is 2.27. The number of esters is 2. The molecule has 3 aliphatic heterocycles. The number of carbonyl (C=O) groups excluding carboxylic acids is 3. The lowest BCUT2D eigenvalue weighted by molar-refractivity contribution is -0.304. The summed E-state index contributed by atoms with van der Waals surface area (Å²) in [4.78, 5) is 45.6. The number of aliphatic hydroxyl groups is 3. The molecule has 2 aromatic carbocycles. The molecular formula is C64H107N3O13P+. The summed E-state index contributed by atoms with van der Waals surface area (Å²) in [7, 11) is 5.78. The molecular weight excluding hydrogens is 1050 g/mol. The molecule has 3 aliphatic rings. The number of unbranched alkanes of at least 4 members (excludes halogenated alkanes) is 7. The van der Waals surface area contributed by atoms with Crippen LogP contribution >= 0.6 is 7.26 Å². The highest BCUT2D eigenvalue weighted by Gasteiger charge is 2.56. The van der Waals surface area contributed by atoms with Gasteiger partial charge in [0.2, 0.25) is 0 Å². The van der Waals surface area contributed by atoms with Crippen LogP contribution in [0.25, 0.3) is 0 Å². The third kappa shape index (κ3) is 17.9. The van der Waals surface area contributed by atoms with E-state index in [9.17, 15) is 24.9 Å². The molecule has 17 heteroatoms. The normalized spacial score (nSPS) is 36.0. The van der Waals surface area contributed by atoms with Crippen molar-refractivity contribution in [2.24, 2.45) is 23.7 Å². The number of hydrogen-bond donors (Lipinski definition) is 4. The van der Waals surface area contributed by atoms with Crippen molar-refractivity contribution in [3.8, 4) is 0 Å². The predicted molar refractivity (Wildman–Crippen MR) is 321 cm³/mol. The molecule has 0 radical (unpaired) electrons. The van der Waals surface area contributed by atoms with Gasteiger partial charge < -0.3 is 58.7 Å². The molecule has 5 rings (SSSR count). The van der Waals surface area contributed by atoms with Gasteiger partial charge in [0.15, 0.2) is 18.5 Å². The Balaban J connectivity index is 1.32. The molecule has 3 saturated heterocycles. The zero-order chi connectivity index (χ0) is 60.0. The van der Waals surface area contributed by atoms with Crippen molar-refractivity contribution in [1.29, 1.82) is 0 Å². The summed E-state index contributed by atoms with van der Waals surface area (Å²) in [6, 6.07) is 21.1. The van der Waals surface area contributed by atoms with E-state index in [1.807, 2.05) is 72.5 Å². The Morgan fingerprint density at radius 1 is 0.827 bits per heavy atom. The molecule has 3 fully saturated rings. The van der Waals surface area contributed by atoms with Crippen LogP contribution in [-0.2, 0) is 42.7 Å². The quantitative estimate of drug-likeness (QED) is 0.0400. The van der Waals surface area contributed by atoms with Gasteiger partial charge in [0.1, 0.15) is 17.8 Å². The molecule has 4 N–H and O–H groups in total. The van der Waals surface area contributed by atoms with Crippen LogP contribution in [0.4, 0.5) is 4.79 Å². The summed E-state index contributed by atoms with van der Waals surface area (Å²) in [6.45, 7) is 22.8. The third-order valence-corrected chi connectivity index (χ3v) is 22.6. The number of cyclic esters (lactones) is 1.